The Morgan fingerprint density at radius 2 is 2.18 bits per heavy atom. The zero-order valence-corrected chi connectivity index (χ0v) is 7.80. The molecule has 0 aliphatic rings. The van der Waals surface area contributed by atoms with Crippen LogP contribution in [0, 0.1) is 0 Å². The molecule has 0 amide bonds. The van der Waals surface area contributed by atoms with E-state index in [0.29, 0.717) is 0 Å². The second-order valence-corrected chi connectivity index (χ2v) is 2.85. The van der Waals surface area contributed by atoms with Crippen molar-refractivity contribution in [2.75, 3.05) is 14.1 Å². The van der Waals surface area contributed by atoms with Crippen molar-refractivity contribution in [1.82, 2.24) is 5.01 Å². The van der Waals surface area contributed by atoms with Gasteiger partial charge in [0.05, 0.1) is 0 Å². The molecule has 0 saturated heterocycles. The van der Waals surface area contributed by atoms with Gasteiger partial charge in [0.1, 0.15) is 0 Å². The van der Waals surface area contributed by atoms with Gasteiger partial charge < -0.3 is 5.01 Å². The van der Waals surface area contributed by atoms with Crippen molar-refractivity contribution in [2.24, 2.45) is 5.10 Å². The highest BCUT2D eigenvalue weighted by Crippen LogP contribution is 2.01. The van der Waals surface area contributed by atoms with Crippen LogP contribution in [0.3, 0.4) is 0 Å². The number of unbranched alkanes of at least 4 members (excludes halogenated alkanes) is 1. The van der Waals surface area contributed by atoms with Gasteiger partial charge in [0.2, 0.25) is 0 Å². The van der Waals surface area contributed by atoms with Crippen LogP contribution in [0.4, 0.5) is 0 Å². The van der Waals surface area contributed by atoms with Crippen molar-refractivity contribution in [3.05, 3.63) is 12.2 Å². The van der Waals surface area contributed by atoms with E-state index in [0.717, 1.165) is 12.0 Å². The monoisotopic (exact) mass is 154 g/mol. The van der Waals surface area contributed by atoms with Crippen LogP contribution in [0.2, 0.25) is 0 Å². The van der Waals surface area contributed by atoms with Crippen LogP contribution in [0.15, 0.2) is 17.3 Å². The number of allylic oxidation sites excluding steroid dienone is 1. The zero-order valence-electron chi connectivity index (χ0n) is 7.80. The first-order valence-electron chi connectivity index (χ1n) is 4.06. The summed E-state index contributed by atoms with van der Waals surface area (Å²) in [4.78, 5) is 0. The molecular formula is C9H18N2. The molecule has 2 heteroatoms. The van der Waals surface area contributed by atoms with E-state index >= 15 is 0 Å². The predicted octanol–water partition coefficient (Wildman–Crippen LogP) is 2.28. The molecule has 0 heterocycles. The summed E-state index contributed by atoms with van der Waals surface area (Å²) in [5, 5.41) is 5.86. The molecule has 0 bridgehead atoms. The normalized spacial score (nSPS) is 10.5. The lowest BCUT2D eigenvalue weighted by atomic mass is 10.1. The molecule has 0 saturated carbocycles. The van der Waals surface area contributed by atoms with Crippen LogP contribution in [0.1, 0.15) is 26.2 Å². The largest absolute Gasteiger partial charge is 0.303 e. The molecule has 0 fully saturated rings. The van der Waals surface area contributed by atoms with E-state index in [9.17, 15) is 0 Å². The van der Waals surface area contributed by atoms with E-state index in [1.807, 2.05) is 20.3 Å². The van der Waals surface area contributed by atoms with Crippen LogP contribution in [0.5, 0.6) is 0 Å². The van der Waals surface area contributed by atoms with Gasteiger partial charge in [0, 0.05) is 20.3 Å². The van der Waals surface area contributed by atoms with Gasteiger partial charge >= 0.3 is 0 Å². The highest BCUT2D eigenvalue weighted by Gasteiger charge is 1.88. The van der Waals surface area contributed by atoms with Gasteiger partial charge in [-0.25, -0.2) is 0 Å². The fourth-order valence-electron chi connectivity index (χ4n) is 0.666. The first-order valence-corrected chi connectivity index (χ1v) is 4.06. The van der Waals surface area contributed by atoms with E-state index in [1.54, 1.807) is 5.01 Å². The fraction of sp³-hybridized carbons (Fsp3) is 0.667. The lowest BCUT2D eigenvalue weighted by Crippen LogP contribution is -2.02. The number of hydrogen-bond donors (Lipinski definition) is 0. The van der Waals surface area contributed by atoms with E-state index in [2.05, 4.69) is 18.6 Å². The molecule has 2 nitrogen and oxygen atoms in total. The molecule has 0 N–H and O–H groups in total. The Labute approximate surface area is 69.6 Å². The maximum Gasteiger partial charge on any atom is 0.0496 e. The molecular weight excluding hydrogens is 136 g/mol. The molecule has 0 unspecified atom stereocenters. The molecule has 0 aliphatic heterocycles. The lowest BCUT2D eigenvalue weighted by Gasteiger charge is -2.03. The number of hydrazone groups is 1. The number of hydrogen-bond acceptors (Lipinski definition) is 2. The summed E-state index contributed by atoms with van der Waals surface area (Å²) >= 11 is 0. The fourth-order valence-corrected chi connectivity index (χ4v) is 0.666. The van der Waals surface area contributed by atoms with Gasteiger partial charge in [-0.1, -0.05) is 19.9 Å². The van der Waals surface area contributed by atoms with E-state index in [4.69, 9.17) is 0 Å². The minimum absolute atomic E-state index is 1.06. The Bertz CT molecular complexity index is 136. The average molecular weight is 154 g/mol. The quantitative estimate of drug-likeness (QED) is 0.438. The summed E-state index contributed by atoms with van der Waals surface area (Å²) in [7, 11) is 3.81. The topological polar surface area (TPSA) is 15.6 Å². The predicted molar refractivity (Wildman–Crippen MR) is 50.8 cm³/mol. The lowest BCUT2D eigenvalue weighted by molar-refractivity contribution is 0.440. The molecule has 0 aromatic heterocycles. The van der Waals surface area contributed by atoms with Crippen LogP contribution < -0.4 is 0 Å². The average Bonchev–Trinajstić information content (AvgIpc) is 1.97. The number of rotatable bonds is 5. The smallest absolute Gasteiger partial charge is 0.0496 e. The molecule has 64 valence electrons. The highest BCUT2D eigenvalue weighted by molar-refractivity contribution is 5.77. The van der Waals surface area contributed by atoms with Crippen molar-refractivity contribution in [1.29, 1.82) is 0 Å². The maximum atomic E-state index is 4.09. The van der Waals surface area contributed by atoms with Gasteiger partial charge in [0.15, 0.2) is 0 Å². The summed E-state index contributed by atoms with van der Waals surface area (Å²) < 4.78 is 0. The first kappa shape index (κ1) is 10.2. The standard InChI is InChI=1S/C9H18N2/c1-5-6-7-9(2)8-10-11(3)4/h8H,2,5-7H2,1,3-4H3/b10-8+. The van der Waals surface area contributed by atoms with Crippen molar-refractivity contribution in [2.45, 2.75) is 26.2 Å². The second kappa shape index (κ2) is 5.96. The third-order valence-electron chi connectivity index (χ3n) is 1.32. The molecule has 0 aromatic rings. The van der Waals surface area contributed by atoms with Crippen molar-refractivity contribution in [3.63, 3.8) is 0 Å². The SMILES string of the molecule is C=C(/C=N/N(C)C)CCCC. The Hall–Kier alpha value is -0.790. The van der Waals surface area contributed by atoms with E-state index < -0.39 is 0 Å². The first-order chi connectivity index (χ1) is 5.16. The maximum absolute atomic E-state index is 4.09. The molecule has 0 radical (unpaired) electrons. The Morgan fingerprint density at radius 3 is 2.64 bits per heavy atom. The zero-order chi connectivity index (χ0) is 8.69. The Kier molecular flexibility index (Phi) is 5.53. The summed E-state index contributed by atoms with van der Waals surface area (Å²) in [6, 6.07) is 0. The van der Waals surface area contributed by atoms with E-state index in [1.165, 1.54) is 12.8 Å². The van der Waals surface area contributed by atoms with Gasteiger partial charge in [0.25, 0.3) is 0 Å². The summed E-state index contributed by atoms with van der Waals surface area (Å²) in [6.45, 7) is 6.07. The van der Waals surface area contributed by atoms with E-state index in [-0.39, 0.29) is 0 Å². The van der Waals surface area contributed by atoms with Gasteiger partial charge in [-0.05, 0) is 18.4 Å². The van der Waals surface area contributed by atoms with Gasteiger partial charge in [-0.15, -0.1) is 0 Å². The summed E-state index contributed by atoms with van der Waals surface area (Å²) in [5.41, 5.74) is 1.11. The Balaban J connectivity index is 3.51. The third kappa shape index (κ3) is 7.10. The van der Waals surface area contributed by atoms with Crippen LogP contribution in [0.25, 0.3) is 0 Å². The minimum Gasteiger partial charge on any atom is -0.303 e. The Morgan fingerprint density at radius 1 is 1.55 bits per heavy atom. The van der Waals surface area contributed by atoms with Gasteiger partial charge in [-0.3, -0.25) is 0 Å². The molecule has 0 aromatic carbocycles. The minimum atomic E-state index is 1.06. The van der Waals surface area contributed by atoms with Gasteiger partial charge in [-0.2, -0.15) is 5.10 Å². The van der Waals surface area contributed by atoms with Crippen molar-refractivity contribution < 1.29 is 0 Å². The highest BCUT2D eigenvalue weighted by atomic mass is 15.4. The summed E-state index contributed by atoms with van der Waals surface area (Å²) in [5.74, 6) is 0. The number of nitrogens with zero attached hydrogens (tertiary/aromatic N) is 2. The van der Waals surface area contributed by atoms with Crippen LogP contribution >= 0.6 is 0 Å². The molecule has 0 atom stereocenters. The third-order valence-corrected chi connectivity index (χ3v) is 1.32. The summed E-state index contributed by atoms with van der Waals surface area (Å²) in [6.07, 6.45) is 5.32. The van der Waals surface area contributed by atoms with Crippen LogP contribution in [-0.4, -0.2) is 25.3 Å². The molecule has 0 spiro atoms. The van der Waals surface area contributed by atoms with Crippen molar-refractivity contribution in [3.8, 4) is 0 Å². The molecule has 0 aliphatic carbocycles. The van der Waals surface area contributed by atoms with Crippen molar-refractivity contribution >= 4 is 6.21 Å². The van der Waals surface area contributed by atoms with Crippen LogP contribution in [-0.2, 0) is 0 Å². The molecule has 0 rings (SSSR count). The molecule has 11 heavy (non-hydrogen) atoms. The second-order valence-electron chi connectivity index (χ2n) is 2.85.